The maximum absolute atomic E-state index is 13.3. The number of aryl methyl sites for hydroxylation is 2. The van der Waals surface area contributed by atoms with Crippen molar-refractivity contribution < 1.29 is 18.4 Å². The molecule has 2 aromatic heterocycles. The summed E-state index contributed by atoms with van der Waals surface area (Å²) in [6.45, 7) is 5.86. The Kier molecular flexibility index (Phi) is 5.24. The van der Waals surface area contributed by atoms with Crippen LogP contribution in [0.15, 0.2) is 27.6 Å². The molecule has 0 saturated carbocycles. The molecule has 0 radical (unpaired) electrons. The van der Waals surface area contributed by atoms with Gasteiger partial charge in [-0.15, -0.1) is 0 Å². The zero-order valence-corrected chi connectivity index (χ0v) is 16.5. The minimum atomic E-state index is -0.0894. The molecular weight excluding hydrogens is 358 g/mol. The topological polar surface area (TPSA) is 79.8 Å². The molecule has 2 aliphatic rings. The van der Waals surface area contributed by atoms with Gasteiger partial charge in [-0.05, 0) is 57.9 Å². The van der Waals surface area contributed by atoms with Gasteiger partial charge in [-0.1, -0.05) is 0 Å². The van der Waals surface area contributed by atoms with E-state index in [9.17, 15) is 9.59 Å². The quantitative estimate of drug-likeness (QED) is 0.809. The van der Waals surface area contributed by atoms with Crippen molar-refractivity contribution in [1.82, 2.24) is 14.8 Å². The second-order valence-electron chi connectivity index (χ2n) is 7.92. The predicted octanol–water partition coefficient (Wildman–Crippen LogP) is 3.43. The minimum absolute atomic E-state index is 0.0546. The average Bonchev–Trinajstić information content (AvgIpc) is 3.36. The molecule has 7 heteroatoms. The first-order chi connectivity index (χ1) is 13.5. The highest BCUT2D eigenvalue weighted by atomic mass is 16.3. The Hall–Kier alpha value is -2.57. The second kappa shape index (κ2) is 7.81. The molecular formula is C21H27N3O4. The Labute approximate surface area is 164 Å². The molecule has 0 spiro atoms. The molecule has 2 aromatic rings. The van der Waals surface area contributed by atoms with Crippen LogP contribution in [0.2, 0.25) is 0 Å². The van der Waals surface area contributed by atoms with Gasteiger partial charge in [0.15, 0.2) is 12.1 Å². The number of likely N-dealkylation sites (tertiary alicyclic amines) is 2. The molecule has 4 heterocycles. The molecule has 2 unspecified atom stereocenters. The summed E-state index contributed by atoms with van der Waals surface area (Å²) in [5, 5.41) is 0. The second-order valence-corrected chi connectivity index (χ2v) is 7.92. The third-order valence-electron chi connectivity index (χ3n) is 6.02. The molecule has 2 aliphatic heterocycles. The van der Waals surface area contributed by atoms with Gasteiger partial charge in [-0.25, -0.2) is 4.98 Å². The number of carbonyl (C=O) groups excluding carboxylic acids is 2. The summed E-state index contributed by atoms with van der Waals surface area (Å²) in [7, 11) is 0. The highest BCUT2D eigenvalue weighted by Crippen LogP contribution is 2.32. The molecule has 0 aromatic carbocycles. The van der Waals surface area contributed by atoms with Gasteiger partial charge in [0.2, 0.25) is 0 Å². The normalized spacial score (nSPS) is 23.1. The lowest BCUT2D eigenvalue weighted by atomic mass is 9.84. The van der Waals surface area contributed by atoms with Crippen LogP contribution in [0.1, 0.15) is 64.5 Å². The number of rotatable bonds is 3. The van der Waals surface area contributed by atoms with E-state index in [1.165, 1.54) is 12.7 Å². The minimum Gasteiger partial charge on any atom is -0.466 e. The number of nitrogens with zero attached hydrogens (tertiary/aromatic N) is 3. The van der Waals surface area contributed by atoms with Crippen LogP contribution in [-0.2, 0) is 0 Å². The highest BCUT2D eigenvalue weighted by molar-refractivity contribution is 5.95. The maximum atomic E-state index is 13.3. The number of piperidine rings is 2. The van der Waals surface area contributed by atoms with Crippen LogP contribution in [0.25, 0.3) is 0 Å². The lowest BCUT2D eigenvalue weighted by Crippen LogP contribution is -2.52. The predicted molar refractivity (Wildman–Crippen MR) is 102 cm³/mol. The summed E-state index contributed by atoms with van der Waals surface area (Å²) >= 11 is 0. The summed E-state index contributed by atoms with van der Waals surface area (Å²) in [6.07, 6.45) is 7.77. The number of furan rings is 1. The first kappa shape index (κ1) is 18.8. The van der Waals surface area contributed by atoms with Crippen molar-refractivity contribution in [2.24, 2.45) is 5.92 Å². The van der Waals surface area contributed by atoms with Crippen LogP contribution in [-0.4, -0.2) is 52.3 Å². The van der Waals surface area contributed by atoms with Gasteiger partial charge in [0.25, 0.3) is 11.8 Å². The van der Waals surface area contributed by atoms with Crippen molar-refractivity contribution in [2.45, 2.75) is 52.0 Å². The van der Waals surface area contributed by atoms with E-state index in [0.29, 0.717) is 23.6 Å². The van der Waals surface area contributed by atoms with E-state index in [-0.39, 0.29) is 23.8 Å². The van der Waals surface area contributed by atoms with Gasteiger partial charge in [0.05, 0.1) is 5.56 Å². The first-order valence-corrected chi connectivity index (χ1v) is 10.1. The number of amides is 2. The van der Waals surface area contributed by atoms with Gasteiger partial charge in [-0.3, -0.25) is 9.59 Å². The number of hydrogen-bond donors (Lipinski definition) is 0. The summed E-state index contributed by atoms with van der Waals surface area (Å²) in [5.74, 6) is 1.68. The molecule has 150 valence electrons. The Balaban J connectivity index is 1.51. The maximum Gasteiger partial charge on any atom is 0.275 e. The van der Waals surface area contributed by atoms with Crippen molar-refractivity contribution in [3.63, 3.8) is 0 Å². The van der Waals surface area contributed by atoms with Crippen LogP contribution < -0.4 is 0 Å². The fraction of sp³-hybridized carbons (Fsp3) is 0.571. The Morgan fingerprint density at radius 2 is 1.96 bits per heavy atom. The summed E-state index contributed by atoms with van der Waals surface area (Å²) in [4.78, 5) is 33.8. The Morgan fingerprint density at radius 3 is 2.68 bits per heavy atom. The number of hydrogen-bond acceptors (Lipinski definition) is 5. The largest absolute Gasteiger partial charge is 0.466 e. The molecule has 2 amide bonds. The lowest BCUT2D eigenvalue weighted by molar-refractivity contribution is 0.0346. The van der Waals surface area contributed by atoms with Crippen LogP contribution >= 0.6 is 0 Å². The Morgan fingerprint density at radius 1 is 1.11 bits per heavy atom. The van der Waals surface area contributed by atoms with Gasteiger partial charge in [-0.2, -0.15) is 0 Å². The molecule has 0 bridgehead atoms. The fourth-order valence-corrected chi connectivity index (χ4v) is 4.69. The first-order valence-electron chi connectivity index (χ1n) is 10.1. The number of carbonyl (C=O) groups is 2. The zero-order valence-electron chi connectivity index (χ0n) is 16.5. The van der Waals surface area contributed by atoms with Crippen molar-refractivity contribution in [2.75, 3.05) is 19.6 Å². The number of oxazole rings is 1. The van der Waals surface area contributed by atoms with Crippen LogP contribution in [0.4, 0.5) is 0 Å². The van der Waals surface area contributed by atoms with Crippen LogP contribution in [0.5, 0.6) is 0 Å². The molecule has 2 atom stereocenters. The van der Waals surface area contributed by atoms with Crippen molar-refractivity contribution in [3.05, 3.63) is 41.5 Å². The smallest absolute Gasteiger partial charge is 0.275 e. The standard InChI is InChI=1S/C21H27N3O4/c1-14-10-17(15(2)28-14)20(25)24-9-4-3-7-19(24)16-6-5-8-23(11-16)21(26)18-12-27-13-22-18/h10,12-13,16,19H,3-9,11H2,1-2H3. The monoisotopic (exact) mass is 385 g/mol. The van der Waals surface area contributed by atoms with E-state index < -0.39 is 0 Å². The van der Waals surface area contributed by atoms with Gasteiger partial charge < -0.3 is 18.6 Å². The van der Waals surface area contributed by atoms with Crippen LogP contribution in [0.3, 0.4) is 0 Å². The molecule has 7 nitrogen and oxygen atoms in total. The zero-order chi connectivity index (χ0) is 19.7. The van der Waals surface area contributed by atoms with Gasteiger partial charge in [0.1, 0.15) is 17.8 Å². The molecule has 2 saturated heterocycles. The third-order valence-corrected chi connectivity index (χ3v) is 6.02. The van der Waals surface area contributed by atoms with E-state index in [1.807, 2.05) is 29.7 Å². The van der Waals surface area contributed by atoms with Crippen LogP contribution in [0, 0.1) is 19.8 Å². The molecule has 2 fully saturated rings. The van der Waals surface area contributed by atoms with E-state index >= 15 is 0 Å². The summed E-state index contributed by atoms with van der Waals surface area (Å²) in [6, 6.07) is 1.99. The van der Waals surface area contributed by atoms with Crippen molar-refractivity contribution >= 4 is 11.8 Å². The molecule has 0 N–H and O–H groups in total. The number of aromatic nitrogens is 1. The van der Waals surface area contributed by atoms with E-state index in [1.54, 1.807) is 0 Å². The van der Waals surface area contributed by atoms with E-state index in [4.69, 9.17) is 8.83 Å². The summed E-state index contributed by atoms with van der Waals surface area (Å²) in [5.41, 5.74) is 1.01. The summed E-state index contributed by atoms with van der Waals surface area (Å²) < 4.78 is 10.5. The SMILES string of the molecule is Cc1cc(C(=O)N2CCCCC2C2CCCN(C(=O)c3cocn3)C2)c(C)o1. The van der Waals surface area contributed by atoms with E-state index in [0.717, 1.165) is 51.0 Å². The molecule has 0 aliphatic carbocycles. The van der Waals surface area contributed by atoms with Gasteiger partial charge in [0, 0.05) is 25.7 Å². The van der Waals surface area contributed by atoms with Crippen molar-refractivity contribution in [1.29, 1.82) is 0 Å². The molecule has 4 rings (SSSR count). The fourth-order valence-electron chi connectivity index (χ4n) is 4.69. The van der Waals surface area contributed by atoms with E-state index in [2.05, 4.69) is 4.98 Å². The molecule has 28 heavy (non-hydrogen) atoms. The van der Waals surface area contributed by atoms with Crippen molar-refractivity contribution in [3.8, 4) is 0 Å². The lowest BCUT2D eigenvalue weighted by Gasteiger charge is -2.44. The highest BCUT2D eigenvalue weighted by Gasteiger charge is 2.37. The Bertz CT molecular complexity index is 842. The van der Waals surface area contributed by atoms with Gasteiger partial charge >= 0.3 is 0 Å². The average molecular weight is 385 g/mol. The third kappa shape index (κ3) is 3.57.